The number of hydrogen-bond donors (Lipinski definition) is 0. The quantitative estimate of drug-likeness (QED) is 0.0436. The molecule has 8 aromatic carbocycles. The van der Waals surface area contributed by atoms with Crippen molar-refractivity contribution >= 4 is 0 Å². The van der Waals surface area contributed by atoms with E-state index in [-0.39, 0.29) is 47.7 Å². The molecule has 0 saturated heterocycles. The first-order chi connectivity index (χ1) is 38.1. The van der Waals surface area contributed by atoms with Crippen LogP contribution in [0.4, 0.5) is 0 Å². The third kappa shape index (κ3) is 15.1. The highest BCUT2D eigenvalue weighted by Gasteiger charge is 2.28. The van der Waals surface area contributed by atoms with Crippen LogP contribution < -0.4 is 9.47 Å². The fraction of sp³-hybridized carbons (Fsp3) is 0.333. The van der Waals surface area contributed by atoms with E-state index in [2.05, 4.69) is 248 Å². The predicted octanol–water partition coefficient (Wildman–Crippen LogP) is 16.9. The van der Waals surface area contributed by atoms with Gasteiger partial charge in [0.2, 0.25) is 0 Å². The summed E-state index contributed by atoms with van der Waals surface area (Å²) in [4.78, 5) is 0. The molecule has 0 amide bonds. The van der Waals surface area contributed by atoms with Crippen molar-refractivity contribution in [3.05, 3.63) is 273 Å². The molecule has 0 spiro atoms. The Kier molecular flexibility index (Phi) is 21.5. The minimum absolute atomic E-state index is 0.0898. The third-order valence-electron chi connectivity index (χ3n) is 15.9. The molecule has 0 fully saturated rings. The van der Waals surface area contributed by atoms with Crippen LogP contribution in [0.3, 0.4) is 0 Å². The molecule has 0 N–H and O–H groups in total. The lowest BCUT2D eigenvalue weighted by atomic mass is 9.81. The minimum Gasteiger partial charge on any atom is -0.490 e. The van der Waals surface area contributed by atoms with E-state index in [0.29, 0.717) is 39.6 Å². The lowest BCUT2D eigenvalue weighted by Gasteiger charge is -2.28. The molecule has 0 aliphatic heterocycles. The second-order valence-corrected chi connectivity index (χ2v) is 21.0. The van der Waals surface area contributed by atoms with Gasteiger partial charge in [-0.3, -0.25) is 0 Å². The van der Waals surface area contributed by atoms with Crippen LogP contribution in [-0.2, 0) is 18.9 Å². The number of benzene rings is 8. The van der Waals surface area contributed by atoms with Crippen LogP contribution in [0, 0.1) is 0 Å². The van der Waals surface area contributed by atoms with Crippen LogP contribution in [0.25, 0.3) is 0 Å². The van der Waals surface area contributed by atoms with Crippen molar-refractivity contribution in [2.75, 3.05) is 53.9 Å². The zero-order valence-electron chi connectivity index (χ0n) is 47.4. The van der Waals surface area contributed by atoms with Gasteiger partial charge in [0.05, 0.1) is 13.2 Å². The van der Waals surface area contributed by atoms with Gasteiger partial charge in [-0.25, -0.2) is 0 Å². The second-order valence-electron chi connectivity index (χ2n) is 21.0. The number of rotatable bonds is 29. The van der Waals surface area contributed by atoms with Crippen molar-refractivity contribution in [2.24, 2.45) is 0 Å². The van der Waals surface area contributed by atoms with Crippen molar-refractivity contribution in [1.29, 1.82) is 0 Å². The number of unbranched alkanes of at least 4 members (excludes halogenated alkanes) is 1. The molecule has 0 aliphatic carbocycles. The van der Waals surface area contributed by atoms with Crippen molar-refractivity contribution in [2.45, 2.75) is 102 Å². The molecule has 0 saturated carbocycles. The molecular formula is C72H82O6. The Morgan fingerprint density at radius 1 is 0.282 bits per heavy atom. The zero-order valence-corrected chi connectivity index (χ0v) is 47.4. The highest BCUT2D eigenvalue weighted by Crippen LogP contribution is 2.45. The van der Waals surface area contributed by atoms with Gasteiger partial charge in [0.15, 0.2) is 0 Å². The maximum absolute atomic E-state index is 7.00. The largest absolute Gasteiger partial charge is 0.490 e. The number of hydrogen-bond acceptors (Lipinski definition) is 6. The average Bonchev–Trinajstić information content (AvgIpc) is 3.65. The van der Waals surface area contributed by atoms with Crippen molar-refractivity contribution < 1.29 is 28.4 Å². The Morgan fingerprint density at radius 2 is 0.513 bits per heavy atom. The van der Waals surface area contributed by atoms with Gasteiger partial charge >= 0.3 is 0 Å². The first-order valence-corrected chi connectivity index (χ1v) is 28.3. The predicted molar refractivity (Wildman–Crippen MR) is 320 cm³/mol. The topological polar surface area (TPSA) is 55.4 Å². The molecule has 406 valence electrons. The van der Waals surface area contributed by atoms with Crippen molar-refractivity contribution in [1.82, 2.24) is 0 Å². The first kappa shape index (κ1) is 57.4. The van der Waals surface area contributed by atoms with Gasteiger partial charge in [0.25, 0.3) is 0 Å². The van der Waals surface area contributed by atoms with E-state index in [0.717, 1.165) is 24.3 Å². The fourth-order valence-corrected chi connectivity index (χ4v) is 10.6. The zero-order chi connectivity index (χ0) is 54.6. The standard InChI is InChI=1S/C72H82O6/c1-51(57-29-15-9-16-30-57)63-43-67(53(3)59-33-19-11-20-34-59)71(68(44-63)54(4)60-35-21-12-22-36-60)77-49-65(73-7)47-75-41-27-28-42-76-48-66(74-8)50-78-72-69(55(5)61-37-23-13-24-38-61)45-64(52(2)58-31-17-10-18-32-58)46-70(72)56(6)62-39-25-14-26-40-62/h9-26,29-40,43-46,51-56,65-66H,27-28,41-42,47-50H2,1-8H3. The highest BCUT2D eigenvalue weighted by molar-refractivity contribution is 5.56. The van der Waals surface area contributed by atoms with Crippen LogP contribution in [0.15, 0.2) is 206 Å². The minimum atomic E-state index is -0.262. The summed E-state index contributed by atoms with van der Waals surface area (Å²) in [5.41, 5.74) is 14.8. The van der Waals surface area contributed by atoms with Crippen LogP contribution in [0.5, 0.6) is 11.5 Å². The lowest BCUT2D eigenvalue weighted by molar-refractivity contribution is -0.0236. The van der Waals surface area contributed by atoms with Gasteiger partial charge in [0, 0.05) is 85.2 Å². The molecule has 8 aromatic rings. The van der Waals surface area contributed by atoms with Crippen LogP contribution in [0.2, 0.25) is 0 Å². The van der Waals surface area contributed by atoms with E-state index in [9.17, 15) is 0 Å². The van der Waals surface area contributed by atoms with Gasteiger partial charge in [-0.15, -0.1) is 0 Å². The SMILES string of the molecule is COC(COCCCCOCC(COc1c(C(C)c2ccccc2)cc(C(C)c2ccccc2)cc1C(C)c1ccccc1)OC)COc1c(C(C)c2ccccc2)cc(C(C)c2ccccc2)cc1C(C)c1ccccc1. The van der Waals surface area contributed by atoms with Gasteiger partial charge in [0.1, 0.15) is 36.9 Å². The van der Waals surface area contributed by atoms with Gasteiger partial charge in [-0.05, 0) is 57.3 Å². The summed E-state index contributed by atoms with van der Waals surface area (Å²) in [5, 5.41) is 0. The van der Waals surface area contributed by atoms with E-state index in [1.807, 2.05) is 0 Å². The van der Waals surface area contributed by atoms with E-state index < -0.39 is 0 Å². The van der Waals surface area contributed by atoms with Gasteiger partial charge in [-0.2, -0.15) is 0 Å². The number of methoxy groups -OCH3 is 2. The summed E-state index contributed by atoms with van der Waals surface area (Å²) in [7, 11) is 3.48. The van der Waals surface area contributed by atoms with Gasteiger partial charge < -0.3 is 28.4 Å². The molecule has 8 rings (SSSR count). The Bertz CT molecular complexity index is 2650. The summed E-state index contributed by atoms with van der Waals surface area (Å²) in [6.07, 6.45) is 1.17. The average molecular weight is 1040 g/mol. The Labute approximate surface area is 466 Å². The van der Waals surface area contributed by atoms with Gasteiger partial charge in [-0.1, -0.05) is 248 Å². The summed E-state index contributed by atoms with van der Waals surface area (Å²) >= 11 is 0. The molecule has 8 atom stereocenters. The fourth-order valence-electron chi connectivity index (χ4n) is 10.6. The molecule has 78 heavy (non-hydrogen) atoms. The molecule has 0 aliphatic rings. The molecule has 0 radical (unpaired) electrons. The normalized spacial score (nSPS) is 14.6. The summed E-state index contributed by atoms with van der Waals surface area (Å²) < 4.78 is 38.6. The Morgan fingerprint density at radius 3 is 0.744 bits per heavy atom. The lowest BCUT2D eigenvalue weighted by Crippen LogP contribution is -2.27. The summed E-state index contributed by atoms with van der Waals surface area (Å²) in [6, 6.07) is 74.0. The first-order valence-electron chi connectivity index (χ1n) is 28.3. The smallest absolute Gasteiger partial charge is 0.127 e. The maximum Gasteiger partial charge on any atom is 0.127 e. The highest BCUT2D eigenvalue weighted by atomic mass is 16.6. The molecule has 0 bridgehead atoms. The third-order valence-corrected chi connectivity index (χ3v) is 15.9. The van der Waals surface area contributed by atoms with Crippen molar-refractivity contribution in [3.63, 3.8) is 0 Å². The number of ether oxygens (including phenoxy) is 6. The van der Waals surface area contributed by atoms with E-state index in [1.54, 1.807) is 14.2 Å². The maximum atomic E-state index is 7.00. The van der Waals surface area contributed by atoms with E-state index >= 15 is 0 Å². The molecule has 0 heterocycles. The van der Waals surface area contributed by atoms with Crippen LogP contribution >= 0.6 is 0 Å². The summed E-state index contributed by atoms with van der Waals surface area (Å²) in [5.74, 6) is 2.58. The van der Waals surface area contributed by atoms with E-state index in [4.69, 9.17) is 28.4 Å². The molecular weight excluding hydrogens is 961 g/mol. The van der Waals surface area contributed by atoms with Crippen LogP contribution in [0.1, 0.15) is 157 Å². The molecule has 8 unspecified atom stereocenters. The summed E-state index contributed by atoms with van der Waals surface area (Å²) in [6.45, 7) is 16.5. The van der Waals surface area contributed by atoms with Crippen molar-refractivity contribution in [3.8, 4) is 11.5 Å². The Balaban J connectivity index is 0.896. The molecule has 6 nitrogen and oxygen atoms in total. The molecule has 6 heteroatoms. The molecule has 0 aromatic heterocycles. The Hall–Kier alpha value is -6.80. The van der Waals surface area contributed by atoms with Crippen LogP contribution in [-0.4, -0.2) is 66.1 Å². The van der Waals surface area contributed by atoms with E-state index in [1.165, 1.54) is 66.8 Å². The second kappa shape index (κ2) is 29.3. The monoisotopic (exact) mass is 1040 g/mol.